The Hall–Kier alpha value is -1.68. The third kappa shape index (κ3) is 2.16. The second kappa shape index (κ2) is 5.31. The van der Waals surface area contributed by atoms with Gasteiger partial charge in [-0.25, -0.2) is 0 Å². The lowest BCUT2D eigenvalue weighted by molar-refractivity contribution is -0.151. The Morgan fingerprint density at radius 2 is 1.78 bits per heavy atom. The Balaban J connectivity index is 2.35. The minimum Gasteiger partial charge on any atom is -0.468 e. The van der Waals surface area contributed by atoms with Gasteiger partial charge in [0.05, 0.1) is 7.11 Å². The first-order valence-electron chi connectivity index (χ1n) is 6.10. The summed E-state index contributed by atoms with van der Waals surface area (Å²) in [6.45, 7) is 1.32. The van der Waals surface area contributed by atoms with E-state index in [4.69, 9.17) is 4.74 Å². The van der Waals surface area contributed by atoms with E-state index in [-0.39, 0.29) is 5.78 Å². The molecule has 1 aromatic carbocycles. The van der Waals surface area contributed by atoms with Crippen LogP contribution in [0.2, 0.25) is 0 Å². The second-order valence-electron chi connectivity index (χ2n) is 4.52. The molecule has 4 nitrogen and oxygen atoms in total. The molecule has 0 spiro atoms. The minimum atomic E-state index is -1.01. The number of ketones is 1. The molecule has 1 aromatic rings. The van der Waals surface area contributed by atoms with Crippen LogP contribution in [-0.4, -0.2) is 32.0 Å². The van der Waals surface area contributed by atoms with Crippen LogP contribution in [0.5, 0.6) is 0 Å². The Labute approximate surface area is 106 Å². The van der Waals surface area contributed by atoms with Gasteiger partial charge in [0.15, 0.2) is 5.78 Å². The summed E-state index contributed by atoms with van der Waals surface area (Å²) < 4.78 is 4.85. The van der Waals surface area contributed by atoms with Gasteiger partial charge in [-0.2, -0.15) is 0 Å². The highest BCUT2D eigenvalue weighted by atomic mass is 16.5. The maximum Gasteiger partial charge on any atom is 0.319 e. The number of carbonyl (C=O) groups excluding carboxylic acids is 2. The lowest BCUT2D eigenvalue weighted by atomic mass is 9.73. The van der Waals surface area contributed by atoms with Gasteiger partial charge in [-0.3, -0.25) is 9.59 Å². The summed E-state index contributed by atoms with van der Waals surface area (Å²) in [5, 5.41) is 3.16. The van der Waals surface area contributed by atoms with Crippen molar-refractivity contribution in [1.29, 1.82) is 0 Å². The van der Waals surface area contributed by atoms with Crippen LogP contribution in [0.25, 0.3) is 0 Å². The zero-order valence-electron chi connectivity index (χ0n) is 10.4. The highest BCUT2D eigenvalue weighted by molar-refractivity contribution is 6.12. The van der Waals surface area contributed by atoms with Gasteiger partial charge in [0.25, 0.3) is 0 Å². The number of Topliss-reactive ketones (excluding diaryl/α,β-unsaturated/α-hetero) is 1. The normalized spacial score (nSPS) is 18.1. The lowest BCUT2D eigenvalue weighted by Gasteiger charge is -2.33. The summed E-state index contributed by atoms with van der Waals surface area (Å²) >= 11 is 0. The lowest BCUT2D eigenvalue weighted by Crippen LogP contribution is -2.48. The average Bonchev–Trinajstić information content (AvgIpc) is 2.47. The van der Waals surface area contributed by atoms with Crippen molar-refractivity contribution in [3.63, 3.8) is 0 Å². The van der Waals surface area contributed by atoms with E-state index in [1.54, 1.807) is 24.3 Å². The predicted molar refractivity (Wildman–Crippen MR) is 67.3 cm³/mol. The van der Waals surface area contributed by atoms with Gasteiger partial charge in [0.1, 0.15) is 5.41 Å². The van der Waals surface area contributed by atoms with Crippen molar-refractivity contribution in [2.24, 2.45) is 5.41 Å². The van der Waals surface area contributed by atoms with E-state index in [9.17, 15) is 9.59 Å². The molecule has 2 rings (SSSR count). The fraction of sp³-hybridized carbons (Fsp3) is 0.429. The summed E-state index contributed by atoms with van der Waals surface area (Å²) in [5.41, 5.74) is -0.439. The fourth-order valence-corrected chi connectivity index (χ4v) is 2.44. The zero-order valence-corrected chi connectivity index (χ0v) is 10.4. The van der Waals surface area contributed by atoms with E-state index in [0.29, 0.717) is 31.5 Å². The van der Waals surface area contributed by atoms with Crippen molar-refractivity contribution in [1.82, 2.24) is 5.32 Å². The van der Waals surface area contributed by atoms with Crippen LogP contribution in [0.15, 0.2) is 30.3 Å². The van der Waals surface area contributed by atoms with Crippen molar-refractivity contribution >= 4 is 11.8 Å². The molecule has 0 atom stereocenters. The number of benzene rings is 1. The summed E-state index contributed by atoms with van der Waals surface area (Å²) in [7, 11) is 1.34. The van der Waals surface area contributed by atoms with Gasteiger partial charge in [-0.1, -0.05) is 30.3 Å². The Morgan fingerprint density at radius 1 is 1.17 bits per heavy atom. The van der Waals surface area contributed by atoms with Crippen LogP contribution in [0.4, 0.5) is 0 Å². The SMILES string of the molecule is COC(=O)C1(C(=O)c2ccccc2)CCNCC1. The number of rotatable bonds is 3. The smallest absolute Gasteiger partial charge is 0.319 e. The third-order valence-electron chi connectivity index (χ3n) is 3.50. The number of nitrogens with one attached hydrogen (secondary N) is 1. The van der Waals surface area contributed by atoms with E-state index < -0.39 is 11.4 Å². The third-order valence-corrected chi connectivity index (χ3v) is 3.50. The largest absolute Gasteiger partial charge is 0.468 e. The molecule has 96 valence electrons. The standard InChI is InChI=1S/C14H17NO3/c1-18-13(17)14(7-9-15-10-8-14)12(16)11-5-3-2-4-6-11/h2-6,15H,7-10H2,1H3. The first-order valence-corrected chi connectivity index (χ1v) is 6.10. The minimum absolute atomic E-state index is 0.128. The molecule has 0 aliphatic carbocycles. The summed E-state index contributed by atoms with van der Waals surface area (Å²) in [5.74, 6) is -0.547. The molecule has 18 heavy (non-hydrogen) atoms. The molecule has 0 radical (unpaired) electrons. The van der Waals surface area contributed by atoms with Gasteiger partial charge in [-0.05, 0) is 25.9 Å². The molecule has 0 amide bonds. The topological polar surface area (TPSA) is 55.4 Å². The maximum atomic E-state index is 12.6. The van der Waals surface area contributed by atoms with E-state index >= 15 is 0 Å². The van der Waals surface area contributed by atoms with E-state index in [1.165, 1.54) is 7.11 Å². The molecular weight excluding hydrogens is 230 g/mol. The van der Waals surface area contributed by atoms with Crippen LogP contribution in [0.3, 0.4) is 0 Å². The summed E-state index contributed by atoms with van der Waals surface area (Å²) in [4.78, 5) is 24.6. The van der Waals surface area contributed by atoms with Gasteiger partial charge < -0.3 is 10.1 Å². The van der Waals surface area contributed by atoms with Crippen LogP contribution < -0.4 is 5.32 Å². The van der Waals surface area contributed by atoms with Crippen LogP contribution in [0.1, 0.15) is 23.2 Å². The molecule has 1 heterocycles. The Bertz CT molecular complexity index is 436. The number of hydrogen-bond acceptors (Lipinski definition) is 4. The van der Waals surface area contributed by atoms with Crippen molar-refractivity contribution in [2.75, 3.05) is 20.2 Å². The highest BCUT2D eigenvalue weighted by Crippen LogP contribution is 2.34. The predicted octanol–water partition coefficient (Wildman–Crippen LogP) is 1.41. The average molecular weight is 247 g/mol. The van der Waals surface area contributed by atoms with Crippen LogP contribution in [-0.2, 0) is 9.53 Å². The van der Waals surface area contributed by atoms with Crippen molar-refractivity contribution in [3.8, 4) is 0 Å². The number of esters is 1. The summed E-state index contributed by atoms with van der Waals surface area (Å²) in [6.07, 6.45) is 0.987. The first kappa shape index (κ1) is 12.8. The molecule has 0 saturated carbocycles. The van der Waals surface area contributed by atoms with Gasteiger partial charge in [0.2, 0.25) is 0 Å². The Morgan fingerprint density at radius 3 is 2.33 bits per heavy atom. The number of piperidine rings is 1. The van der Waals surface area contributed by atoms with Gasteiger partial charge >= 0.3 is 5.97 Å². The number of methoxy groups -OCH3 is 1. The molecule has 1 saturated heterocycles. The number of hydrogen-bond donors (Lipinski definition) is 1. The molecule has 0 unspecified atom stereocenters. The molecule has 1 aliphatic rings. The first-order chi connectivity index (χ1) is 8.70. The van der Waals surface area contributed by atoms with E-state index in [2.05, 4.69) is 5.32 Å². The van der Waals surface area contributed by atoms with Crippen LogP contribution >= 0.6 is 0 Å². The molecule has 0 aromatic heterocycles. The summed E-state index contributed by atoms with van der Waals surface area (Å²) in [6, 6.07) is 8.95. The molecule has 1 fully saturated rings. The highest BCUT2D eigenvalue weighted by Gasteiger charge is 2.47. The monoisotopic (exact) mass is 247 g/mol. The van der Waals surface area contributed by atoms with Crippen LogP contribution in [0, 0.1) is 5.41 Å². The van der Waals surface area contributed by atoms with Crippen molar-refractivity contribution < 1.29 is 14.3 Å². The quantitative estimate of drug-likeness (QED) is 0.498. The zero-order chi connectivity index (χ0) is 13.0. The fourth-order valence-electron chi connectivity index (χ4n) is 2.44. The number of carbonyl (C=O) groups is 2. The molecule has 1 N–H and O–H groups in total. The van der Waals surface area contributed by atoms with Crippen molar-refractivity contribution in [3.05, 3.63) is 35.9 Å². The van der Waals surface area contributed by atoms with E-state index in [0.717, 1.165) is 0 Å². The molecule has 1 aliphatic heterocycles. The molecular formula is C14H17NO3. The second-order valence-corrected chi connectivity index (χ2v) is 4.52. The van der Waals surface area contributed by atoms with Crippen molar-refractivity contribution in [2.45, 2.75) is 12.8 Å². The maximum absolute atomic E-state index is 12.6. The number of ether oxygens (including phenoxy) is 1. The van der Waals surface area contributed by atoms with Gasteiger partial charge in [-0.15, -0.1) is 0 Å². The molecule has 0 bridgehead atoms. The molecule has 4 heteroatoms. The van der Waals surface area contributed by atoms with E-state index in [1.807, 2.05) is 6.07 Å². The Kier molecular flexibility index (Phi) is 3.77. The van der Waals surface area contributed by atoms with Gasteiger partial charge in [0, 0.05) is 5.56 Å².